The summed E-state index contributed by atoms with van der Waals surface area (Å²) >= 11 is 0. The fraction of sp³-hybridized carbons (Fsp3) is 0.387. The van der Waals surface area contributed by atoms with Crippen LogP contribution in [0.25, 0.3) is 0 Å². The molecular formula is C31H36N2O5. The van der Waals surface area contributed by atoms with Gasteiger partial charge in [0.2, 0.25) is 6.79 Å². The zero-order valence-corrected chi connectivity index (χ0v) is 22.4. The molecule has 1 amide bonds. The van der Waals surface area contributed by atoms with Crippen molar-refractivity contribution in [3.8, 4) is 23.0 Å². The molecule has 2 aliphatic heterocycles. The zero-order chi connectivity index (χ0) is 26.5. The van der Waals surface area contributed by atoms with Crippen molar-refractivity contribution in [3.63, 3.8) is 0 Å². The van der Waals surface area contributed by atoms with Gasteiger partial charge in [-0.25, -0.2) is 0 Å². The third-order valence-electron chi connectivity index (χ3n) is 7.03. The molecule has 1 fully saturated rings. The Balaban J connectivity index is 1.22. The Morgan fingerprint density at radius 1 is 0.895 bits per heavy atom. The van der Waals surface area contributed by atoms with Crippen LogP contribution in [0, 0.1) is 0 Å². The van der Waals surface area contributed by atoms with Gasteiger partial charge >= 0.3 is 0 Å². The summed E-state index contributed by atoms with van der Waals surface area (Å²) in [5, 5.41) is 0. The molecule has 3 aromatic rings. The van der Waals surface area contributed by atoms with Crippen molar-refractivity contribution in [2.45, 2.75) is 39.8 Å². The molecule has 0 bridgehead atoms. The van der Waals surface area contributed by atoms with Crippen LogP contribution in [0.5, 0.6) is 23.0 Å². The van der Waals surface area contributed by atoms with Gasteiger partial charge in [-0.05, 0) is 60.4 Å². The summed E-state index contributed by atoms with van der Waals surface area (Å²) in [4.78, 5) is 17.7. The van der Waals surface area contributed by atoms with Crippen LogP contribution < -0.4 is 18.9 Å². The van der Waals surface area contributed by atoms with Gasteiger partial charge in [-0.3, -0.25) is 9.69 Å². The molecule has 0 aromatic heterocycles. The Labute approximate surface area is 224 Å². The largest absolute Gasteiger partial charge is 0.493 e. The van der Waals surface area contributed by atoms with Crippen molar-refractivity contribution in [1.29, 1.82) is 0 Å². The van der Waals surface area contributed by atoms with Crippen LogP contribution in [0.2, 0.25) is 0 Å². The highest BCUT2D eigenvalue weighted by molar-refractivity contribution is 5.94. The van der Waals surface area contributed by atoms with Gasteiger partial charge in [0.05, 0.1) is 6.61 Å². The van der Waals surface area contributed by atoms with E-state index in [1.807, 2.05) is 60.4 Å². The Morgan fingerprint density at radius 3 is 2.47 bits per heavy atom. The topological polar surface area (TPSA) is 60.5 Å². The summed E-state index contributed by atoms with van der Waals surface area (Å²) in [6.07, 6.45) is 0. The molecule has 7 heteroatoms. The number of amides is 1. The van der Waals surface area contributed by atoms with Crippen LogP contribution in [0.3, 0.4) is 0 Å². The number of hydrogen-bond acceptors (Lipinski definition) is 6. The van der Waals surface area contributed by atoms with Crippen LogP contribution in [0.4, 0.5) is 0 Å². The minimum Gasteiger partial charge on any atom is -0.493 e. The van der Waals surface area contributed by atoms with Crippen LogP contribution in [-0.4, -0.2) is 55.3 Å². The molecule has 0 aliphatic carbocycles. The summed E-state index contributed by atoms with van der Waals surface area (Å²) in [5.74, 6) is 3.61. The van der Waals surface area contributed by atoms with E-state index >= 15 is 0 Å². The van der Waals surface area contributed by atoms with Crippen molar-refractivity contribution < 1.29 is 23.7 Å². The molecule has 0 radical (unpaired) electrons. The van der Waals surface area contributed by atoms with E-state index < -0.39 is 0 Å². The van der Waals surface area contributed by atoms with Crippen LogP contribution in [0.1, 0.15) is 53.7 Å². The minimum absolute atomic E-state index is 0.0413. The quantitative estimate of drug-likeness (QED) is 0.376. The van der Waals surface area contributed by atoms with Crippen molar-refractivity contribution in [1.82, 2.24) is 9.80 Å². The molecule has 3 aromatic carbocycles. The summed E-state index contributed by atoms with van der Waals surface area (Å²) in [6, 6.07) is 19.9. The second kappa shape index (κ2) is 11.8. The summed E-state index contributed by atoms with van der Waals surface area (Å²) < 4.78 is 23.0. The van der Waals surface area contributed by atoms with E-state index in [2.05, 4.69) is 30.9 Å². The lowest BCUT2D eigenvalue weighted by molar-refractivity contribution is 0.0628. The van der Waals surface area contributed by atoms with Gasteiger partial charge in [0, 0.05) is 43.9 Å². The molecule has 0 N–H and O–H groups in total. The molecule has 0 unspecified atom stereocenters. The van der Waals surface area contributed by atoms with Crippen LogP contribution in [0.15, 0.2) is 60.7 Å². The predicted molar refractivity (Wildman–Crippen MR) is 146 cm³/mol. The minimum atomic E-state index is 0.0413. The number of hydrogen-bond donors (Lipinski definition) is 0. The third-order valence-corrected chi connectivity index (χ3v) is 7.03. The van der Waals surface area contributed by atoms with E-state index in [9.17, 15) is 4.79 Å². The van der Waals surface area contributed by atoms with Gasteiger partial charge in [-0.1, -0.05) is 38.1 Å². The van der Waals surface area contributed by atoms with Crippen LogP contribution >= 0.6 is 0 Å². The zero-order valence-electron chi connectivity index (χ0n) is 22.4. The molecule has 0 atom stereocenters. The smallest absolute Gasteiger partial charge is 0.253 e. The van der Waals surface area contributed by atoms with E-state index in [0.717, 1.165) is 53.8 Å². The molecule has 5 rings (SSSR count). The highest BCUT2D eigenvalue weighted by Gasteiger charge is 2.24. The van der Waals surface area contributed by atoms with Gasteiger partial charge in [-0.2, -0.15) is 0 Å². The second-order valence-corrected chi connectivity index (χ2v) is 9.99. The summed E-state index contributed by atoms with van der Waals surface area (Å²) in [7, 11) is 0. The number of piperazine rings is 1. The Morgan fingerprint density at radius 2 is 1.68 bits per heavy atom. The molecule has 0 spiro atoms. The molecule has 1 saturated heterocycles. The number of carbonyl (C=O) groups is 1. The fourth-order valence-corrected chi connectivity index (χ4v) is 4.96. The lowest BCUT2D eigenvalue weighted by Gasteiger charge is -2.35. The Hall–Kier alpha value is -3.71. The Bertz CT molecular complexity index is 1270. The molecule has 0 saturated carbocycles. The molecule has 200 valence electrons. The standard InChI is InChI=1S/C31H36N2O5/c1-4-35-27-12-10-24(18-25(27)20-36-28-8-6-5-7-26(28)22(2)3)31(34)33-15-13-32(14-16-33)19-23-9-11-29-30(17-23)38-21-37-29/h5-12,17-18,22H,4,13-16,19-21H2,1-3H3. The third kappa shape index (κ3) is 5.89. The number of rotatable bonds is 9. The number of carbonyl (C=O) groups excluding carboxylic acids is 1. The first-order valence-corrected chi connectivity index (χ1v) is 13.4. The molecular weight excluding hydrogens is 480 g/mol. The maximum Gasteiger partial charge on any atom is 0.253 e. The van der Waals surface area contributed by atoms with Crippen molar-refractivity contribution in [3.05, 3.63) is 82.9 Å². The van der Waals surface area contributed by atoms with E-state index in [4.69, 9.17) is 18.9 Å². The average molecular weight is 517 g/mol. The first-order chi connectivity index (χ1) is 18.5. The van der Waals surface area contributed by atoms with Gasteiger partial charge in [0.1, 0.15) is 18.1 Å². The monoisotopic (exact) mass is 516 g/mol. The van der Waals surface area contributed by atoms with Crippen molar-refractivity contribution >= 4 is 5.91 Å². The number of fused-ring (bicyclic) bond motifs is 1. The van der Waals surface area contributed by atoms with Gasteiger partial charge < -0.3 is 23.8 Å². The number of para-hydroxylation sites is 1. The lowest BCUT2D eigenvalue weighted by atomic mass is 10.0. The van der Waals surface area contributed by atoms with E-state index in [-0.39, 0.29) is 12.7 Å². The van der Waals surface area contributed by atoms with Gasteiger partial charge in [0.25, 0.3) is 5.91 Å². The number of benzene rings is 3. The lowest BCUT2D eigenvalue weighted by Crippen LogP contribution is -2.48. The summed E-state index contributed by atoms with van der Waals surface area (Å²) in [5.41, 5.74) is 3.88. The maximum atomic E-state index is 13.4. The van der Waals surface area contributed by atoms with Crippen LogP contribution in [-0.2, 0) is 13.2 Å². The highest BCUT2D eigenvalue weighted by atomic mass is 16.7. The highest BCUT2D eigenvalue weighted by Crippen LogP contribution is 2.33. The SMILES string of the molecule is CCOc1ccc(C(=O)N2CCN(Cc3ccc4c(c3)OCO4)CC2)cc1COc1ccccc1C(C)C. The number of ether oxygens (including phenoxy) is 4. The first kappa shape index (κ1) is 25.9. The molecule has 7 nitrogen and oxygen atoms in total. The molecule has 2 heterocycles. The molecule has 38 heavy (non-hydrogen) atoms. The first-order valence-electron chi connectivity index (χ1n) is 13.4. The van der Waals surface area contributed by atoms with Gasteiger partial charge in [-0.15, -0.1) is 0 Å². The number of nitrogens with zero attached hydrogens (tertiary/aromatic N) is 2. The van der Waals surface area contributed by atoms with Gasteiger partial charge in [0.15, 0.2) is 11.5 Å². The van der Waals surface area contributed by atoms with E-state index in [0.29, 0.717) is 37.8 Å². The molecule has 2 aliphatic rings. The van der Waals surface area contributed by atoms with E-state index in [1.165, 1.54) is 5.56 Å². The van der Waals surface area contributed by atoms with Crippen molar-refractivity contribution in [2.24, 2.45) is 0 Å². The Kier molecular flexibility index (Phi) is 8.03. The fourth-order valence-electron chi connectivity index (χ4n) is 4.96. The van der Waals surface area contributed by atoms with Crippen molar-refractivity contribution in [2.75, 3.05) is 39.6 Å². The normalized spacial score (nSPS) is 15.1. The maximum absolute atomic E-state index is 13.4. The summed E-state index contributed by atoms with van der Waals surface area (Å²) in [6.45, 7) is 11.3. The van der Waals surface area contributed by atoms with E-state index in [1.54, 1.807) is 0 Å². The second-order valence-electron chi connectivity index (χ2n) is 9.99. The predicted octanol–water partition coefficient (Wildman–Crippen LogP) is 5.47. The average Bonchev–Trinajstić information content (AvgIpc) is 3.41.